The fraction of sp³-hybridized carbons (Fsp3) is 0.375. The van der Waals surface area contributed by atoms with Gasteiger partial charge in [0.25, 0.3) is 0 Å². The van der Waals surface area contributed by atoms with Crippen LogP contribution in [0.4, 0.5) is 5.69 Å². The SMILES string of the molecule is Cc1cccc2c1NC(=O)C21NC(C(C)O)C2C(=O)N(CCc3ccccc3)C(=O)C21. The van der Waals surface area contributed by atoms with E-state index in [-0.39, 0.29) is 24.3 Å². The van der Waals surface area contributed by atoms with Gasteiger partial charge in [0.15, 0.2) is 0 Å². The molecule has 0 radical (unpaired) electrons. The number of fused-ring (bicyclic) bond motifs is 4. The van der Waals surface area contributed by atoms with E-state index in [9.17, 15) is 19.5 Å². The summed E-state index contributed by atoms with van der Waals surface area (Å²) < 4.78 is 0. The summed E-state index contributed by atoms with van der Waals surface area (Å²) in [5.74, 6) is -2.71. The number of para-hydroxylation sites is 1. The molecule has 31 heavy (non-hydrogen) atoms. The first kappa shape index (κ1) is 19.9. The number of nitrogens with zero attached hydrogens (tertiary/aromatic N) is 1. The zero-order chi connectivity index (χ0) is 21.9. The highest BCUT2D eigenvalue weighted by molar-refractivity contribution is 6.15. The van der Waals surface area contributed by atoms with Crippen LogP contribution < -0.4 is 10.6 Å². The summed E-state index contributed by atoms with van der Waals surface area (Å²) in [6, 6.07) is 14.5. The Morgan fingerprint density at radius 2 is 1.81 bits per heavy atom. The fourth-order valence-electron chi connectivity index (χ4n) is 5.49. The number of aliphatic hydroxyl groups is 1. The van der Waals surface area contributed by atoms with E-state index in [1.807, 2.05) is 55.5 Å². The molecule has 3 heterocycles. The van der Waals surface area contributed by atoms with Crippen molar-refractivity contribution in [3.63, 3.8) is 0 Å². The summed E-state index contributed by atoms with van der Waals surface area (Å²) in [5.41, 5.74) is 1.90. The topological polar surface area (TPSA) is 98.7 Å². The molecule has 3 aliphatic rings. The molecule has 2 aromatic rings. The molecule has 0 aliphatic carbocycles. The minimum Gasteiger partial charge on any atom is -0.392 e. The lowest BCUT2D eigenvalue weighted by molar-refractivity contribution is -0.143. The Morgan fingerprint density at radius 1 is 1.06 bits per heavy atom. The van der Waals surface area contributed by atoms with Crippen molar-refractivity contribution in [2.45, 2.75) is 38.0 Å². The molecule has 7 nitrogen and oxygen atoms in total. The van der Waals surface area contributed by atoms with Gasteiger partial charge < -0.3 is 10.4 Å². The van der Waals surface area contributed by atoms with Gasteiger partial charge in [0.05, 0.1) is 17.9 Å². The number of aryl methyl sites for hydroxylation is 1. The van der Waals surface area contributed by atoms with E-state index in [4.69, 9.17) is 0 Å². The van der Waals surface area contributed by atoms with E-state index < -0.39 is 29.5 Å². The Balaban J connectivity index is 1.56. The number of rotatable bonds is 4. The average Bonchev–Trinajstić information content (AvgIpc) is 3.34. The molecule has 5 rings (SSSR count). The van der Waals surface area contributed by atoms with Gasteiger partial charge in [0, 0.05) is 23.8 Å². The second-order valence-corrected chi connectivity index (χ2v) is 8.74. The predicted octanol–water partition coefficient (Wildman–Crippen LogP) is 1.34. The van der Waals surface area contributed by atoms with Gasteiger partial charge >= 0.3 is 0 Å². The average molecular weight is 419 g/mol. The van der Waals surface area contributed by atoms with Crippen molar-refractivity contribution in [2.24, 2.45) is 11.8 Å². The quantitative estimate of drug-likeness (QED) is 0.650. The number of hydrogen-bond acceptors (Lipinski definition) is 5. The summed E-state index contributed by atoms with van der Waals surface area (Å²) in [6.45, 7) is 3.73. The number of anilines is 1. The van der Waals surface area contributed by atoms with Gasteiger partial charge in [-0.2, -0.15) is 0 Å². The second-order valence-electron chi connectivity index (χ2n) is 8.74. The van der Waals surface area contributed by atoms with Crippen LogP contribution in [0, 0.1) is 18.8 Å². The number of likely N-dealkylation sites (tertiary alicyclic amines) is 1. The fourth-order valence-corrected chi connectivity index (χ4v) is 5.49. The van der Waals surface area contributed by atoms with E-state index >= 15 is 0 Å². The lowest BCUT2D eigenvalue weighted by Crippen LogP contribution is -2.54. The highest BCUT2D eigenvalue weighted by Gasteiger charge is 2.71. The highest BCUT2D eigenvalue weighted by Crippen LogP contribution is 2.53. The van der Waals surface area contributed by atoms with Crippen LogP contribution in [-0.2, 0) is 26.3 Å². The zero-order valence-corrected chi connectivity index (χ0v) is 17.5. The first-order valence-electron chi connectivity index (χ1n) is 10.6. The van der Waals surface area contributed by atoms with Gasteiger partial charge in [0.1, 0.15) is 5.54 Å². The van der Waals surface area contributed by atoms with Crippen molar-refractivity contribution in [2.75, 3.05) is 11.9 Å². The van der Waals surface area contributed by atoms with Crippen molar-refractivity contribution in [1.29, 1.82) is 0 Å². The van der Waals surface area contributed by atoms with Crippen LogP contribution >= 0.6 is 0 Å². The molecular weight excluding hydrogens is 394 g/mol. The van der Waals surface area contributed by atoms with Crippen molar-refractivity contribution in [1.82, 2.24) is 10.2 Å². The number of nitrogens with one attached hydrogen (secondary N) is 2. The van der Waals surface area contributed by atoms with Gasteiger partial charge in [-0.15, -0.1) is 0 Å². The molecule has 0 aromatic heterocycles. The summed E-state index contributed by atoms with van der Waals surface area (Å²) in [5, 5.41) is 16.6. The van der Waals surface area contributed by atoms with Gasteiger partial charge in [-0.1, -0.05) is 48.5 Å². The Morgan fingerprint density at radius 3 is 2.52 bits per heavy atom. The Kier molecular flexibility index (Phi) is 4.50. The van der Waals surface area contributed by atoms with E-state index in [0.29, 0.717) is 17.7 Å². The van der Waals surface area contributed by atoms with E-state index in [1.165, 1.54) is 4.90 Å². The molecule has 0 saturated carbocycles. The molecular formula is C24H25N3O4. The first-order chi connectivity index (χ1) is 14.9. The summed E-state index contributed by atoms with van der Waals surface area (Å²) in [6.07, 6.45) is -0.362. The zero-order valence-electron chi connectivity index (χ0n) is 17.5. The van der Waals surface area contributed by atoms with Crippen LogP contribution in [0.25, 0.3) is 0 Å². The standard InChI is InChI=1S/C24H25N3O4/c1-13-7-6-10-16-19(13)25-23(31)24(16)18-17(20(26-24)14(2)28)21(29)27(22(18)30)12-11-15-8-4-3-5-9-15/h3-10,14,17-18,20,26,28H,11-12H2,1-2H3,(H,25,31). The summed E-state index contributed by atoms with van der Waals surface area (Å²) in [7, 11) is 0. The van der Waals surface area contributed by atoms with Crippen molar-refractivity contribution in [3.8, 4) is 0 Å². The maximum atomic E-state index is 13.6. The van der Waals surface area contributed by atoms with Crippen LogP contribution in [0.2, 0.25) is 0 Å². The molecule has 0 bridgehead atoms. The molecule has 2 saturated heterocycles. The largest absolute Gasteiger partial charge is 0.392 e. The third-order valence-electron chi connectivity index (χ3n) is 6.97. The van der Waals surface area contributed by atoms with Gasteiger partial charge in [-0.05, 0) is 31.4 Å². The molecule has 160 valence electrons. The summed E-state index contributed by atoms with van der Waals surface area (Å²) in [4.78, 5) is 41.6. The maximum absolute atomic E-state index is 13.6. The molecule has 1 spiro atoms. The molecule has 3 N–H and O–H groups in total. The van der Waals surface area contributed by atoms with Crippen LogP contribution in [0.5, 0.6) is 0 Å². The number of benzene rings is 2. The number of carbonyl (C=O) groups excluding carboxylic acids is 3. The van der Waals surface area contributed by atoms with Crippen molar-refractivity contribution in [3.05, 3.63) is 65.2 Å². The summed E-state index contributed by atoms with van der Waals surface area (Å²) >= 11 is 0. The van der Waals surface area contributed by atoms with Gasteiger partial charge in [-0.25, -0.2) is 0 Å². The van der Waals surface area contributed by atoms with Crippen LogP contribution in [0.3, 0.4) is 0 Å². The third-order valence-corrected chi connectivity index (χ3v) is 6.97. The number of imide groups is 1. The lowest BCUT2D eigenvalue weighted by Gasteiger charge is -2.30. The first-order valence-corrected chi connectivity index (χ1v) is 10.6. The molecule has 7 heteroatoms. The van der Waals surface area contributed by atoms with Crippen molar-refractivity contribution >= 4 is 23.4 Å². The second kappa shape index (κ2) is 7.00. The normalized spacial score (nSPS) is 30.0. The number of aliphatic hydroxyl groups excluding tert-OH is 1. The van der Waals surface area contributed by atoms with Gasteiger partial charge in [-0.3, -0.25) is 24.6 Å². The number of hydrogen-bond donors (Lipinski definition) is 3. The third kappa shape index (κ3) is 2.70. The van der Waals surface area contributed by atoms with Crippen LogP contribution in [-0.4, -0.2) is 46.4 Å². The number of amides is 3. The number of carbonyl (C=O) groups is 3. The van der Waals surface area contributed by atoms with Crippen LogP contribution in [0.15, 0.2) is 48.5 Å². The Labute approximate surface area is 180 Å². The smallest absolute Gasteiger partial charge is 0.250 e. The molecule has 2 fully saturated rings. The molecule has 2 aromatic carbocycles. The Hall–Kier alpha value is -3.03. The molecule has 5 unspecified atom stereocenters. The Bertz CT molecular complexity index is 1080. The van der Waals surface area contributed by atoms with Gasteiger partial charge in [0.2, 0.25) is 17.7 Å². The minimum atomic E-state index is -1.36. The van der Waals surface area contributed by atoms with E-state index in [2.05, 4.69) is 10.6 Å². The molecule has 3 aliphatic heterocycles. The monoisotopic (exact) mass is 419 g/mol. The lowest BCUT2D eigenvalue weighted by atomic mass is 9.76. The van der Waals surface area contributed by atoms with E-state index in [1.54, 1.807) is 6.92 Å². The van der Waals surface area contributed by atoms with Crippen LogP contribution in [0.1, 0.15) is 23.6 Å². The highest BCUT2D eigenvalue weighted by atomic mass is 16.3. The van der Waals surface area contributed by atoms with E-state index in [0.717, 1.165) is 11.1 Å². The molecule has 3 amide bonds. The van der Waals surface area contributed by atoms with Crippen molar-refractivity contribution < 1.29 is 19.5 Å². The maximum Gasteiger partial charge on any atom is 0.250 e. The minimum absolute atomic E-state index is 0.250. The predicted molar refractivity (Wildman–Crippen MR) is 114 cm³/mol. The molecule has 5 atom stereocenters.